The third-order valence-electron chi connectivity index (χ3n) is 5.87. The lowest BCUT2D eigenvalue weighted by Crippen LogP contribution is -2.57. The van der Waals surface area contributed by atoms with E-state index in [1.165, 1.54) is 0 Å². The lowest BCUT2D eigenvalue weighted by atomic mass is 10.00. The van der Waals surface area contributed by atoms with E-state index in [2.05, 4.69) is 47.8 Å². The average Bonchev–Trinajstić information content (AvgIpc) is 2.65. The lowest BCUT2D eigenvalue weighted by Gasteiger charge is -2.47. The second-order valence-electron chi connectivity index (χ2n) is 9.33. The largest absolute Gasteiger partial charge is 0.322 e. The van der Waals surface area contributed by atoms with Crippen molar-refractivity contribution >= 4 is 23.2 Å². The number of pyridine rings is 1. The minimum Gasteiger partial charge on any atom is -0.322 e. The number of rotatable bonds is 4. The van der Waals surface area contributed by atoms with Crippen molar-refractivity contribution in [3.05, 3.63) is 57.9 Å². The number of anilines is 1. The Balaban J connectivity index is 1.73. The minimum absolute atomic E-state index is 0.175. The number of nitrogens with one attached hydrogen (secondary N) is 1. The van der Waals surface area contributed by atoms with Gasteiger partial charge in [0.15, 0.2) is 0 Å². The molecule has 1 saturated heterocycles. The number of halogens is 1. The van der Waals surface area contributed by atoms with Gasteiger partial charge in [0.2, 0.25) is 0 Å². The third-order valence-corrected chi connectivity index (χ3v) is 6.09. The molecule has 1 aliphatic heterocycles. The lowest BCUT2D eigenvalue weighted by molar-refractivity contribution is 0.0151. The van der Waals surface area contributed by atoms with Gasteiger partial charge in [-0.25, -0.2) is 0 Å². The molecule has 30 heavy (non-hydrogen) atoms. The first-order chi connectivity index (χ1) is 14.0. The van der Waals surface area contributed by atoms with Crippen LogP contribution < -0.4 is 5.32 Å². The number of hydrogen-bond acceptors (Lipinski definition) is 4. The summed E-state index contributed by atoms with van der Waals surface area (Å²) in [5, 5.41) is 3.64. The van der Waals surface area contributed by atoms with Gasteiger partial charge in [0.1, 0.15) is 0 Å². The van der Waals surface area contributed by atoms with Crippen LogP contribution in [0.25, 0.3) is 0 Å². The number of piperazine rings is 1. The van der Waals surface area contributed by atoms with Gasteiger partial charge in [0.05, 0.1) is 5.56 Å². The second-order valence-corrected chi connectivity index (χ2v) is 9.76. The molecule has 6 heteroatoms. The predicted molar refractivity (Wildman–Crippen MR) is 124 cm³/mol. The number of hydrogen-bond donors (Lipinski definition) is 1. The Bertz CT molecular complexity index is 905. The molecule has 5 nitrogen and oxygen atoms in total. The number of aromatic nitrogens is 1. The number of aryl methyl sites for hydroxylation is 1. The summed E-state index contributed by atoms with van der Waals surface area (Å²) in [7, 11) is 0. The Labute approximate surface area is 185 Å². The first-order valence-corrected chi connectivity index (χ1v) is 10.9. The van der Waals surface area contributed by atoms with E-state index in [0.29, 0.717) is 16.6 Å². The van der Waals surface area contributed by atoms with E-state index in [4.69, 9.17) is 11.6 Å². The van der Waals surface area contributed by atoms with Crippen molar-refractivity contribution in [3.63, 3.8) is 0 Å². The molecule has 0 aliphatic carbocycles. The van der Waals surface area contributed by atoms with Gasteiger partial charge in [-0.15, -0.1) is 0 Å². The van der Waals surface area contributed by atoms with Crippen LogP contribution in [-0.4, -0.2) is 51.9 Å². The zero-order valence-electron chi connectivity index (χ0n) is 18.9. The van der Waals surface area contributed by atoms with E-state index < -0.39 is 0 Å². The van der Waals surface area contributed by atoms with Gasteiger partial charge >= 0.3 is 0 Å². The van der Waals surface area contributed by atoms with E-state index in [1.807, 2.05) is 32.0 Å². The van der Waals surface area contributed by atoms with Crippen LogP contribution in [0.5, 0.6) is 0 Å². The molecule has 1 fully saturated rings. The molecule has 1 aliphatic rings. The number of amides is 1. The van der Waals surface area contributed by atoms with E-state index in [-0.39, 0.29) is 11.4 Å². The molecule has 3 rings (SSSR count). The first kappa shape index (κ1) is 22.7. The van der Waals surface area contributed by atoms with E-state index >= 15 is 0 Å². The molecular formula is C24H33ClN4O. The second kappa shape index (κ2) is 9.04. The monoisotopic (exact) mass is 428 g/mol. The Morgan fingerprint density at radius 1 is 1.23 bits per heavy atom. The highest BCUT2D eigenvalue weighted by Gasteiger charge is 2.31. The topological polar surface area (TPSA) is 48.5 Å². The molecule has 1 aromatic heterocycles. The van der Waals surface area contributed by atoms with Crippen molar-refractivity contribution in [2.75, 3.05) is 25.0 Å². The summed E-state index contributed by atoms with van der Waals surface area (Å²) in [6.07, 6.45) is 1.60. The molecule has 2 heterocycles. The van der Waals surface area contributed by atoms with Crippen LogP contribution in [0.3, 0.4) is 0 Å². The number of nitrogens with zero attached hydrogens (tertiary/aromatic N) is 3. The van der Waals surface area contributed by atoms with Gasteiger partial charge in [0, 0.05) is 60.4 Å². The maximum Gasteiger partial charge on any atom is 0.257 e. The summed E-state index contributed by atoms with van der Waals surface area (Å²) in [4.78, 5) is 21.9. The summed E-state index contributed by atoms with van der Waals surface area (Å²) in [6, 6.07) is 7.95. The Hall–Kier alpha value is -1.95. The highest BCUT2D eigenvalue weighted by atomic mass is 35.5. The quantitative estimate of drug-likeness (QED) is 0.751. The van der Waals surface area contributed by atoms with Crippen molar-refractivity contribution in [1.29, 1.82) is 0 Å². The van der Waals surface area contributed by atoms with Crippen molar-refractivity contribution in [1.82, 2.24) is 14.8 Å². The summed E-state index contributed by atoms with van der Waals surface area (Å²) in [5.41, 5.74) is 4.56. The average molecular weight is 429 g/mol. The normalized spacial score (nSPS) is 18.4. The fraction of sp³-hybridized carbons (Fsp3) is 0.500. The highest BCUT2D eigenvalue weighted by molar-refractivity contribution is 6.31. The van der Waals surface area contributed by atoms with Crippen molar-refractivity contribution in [3.8, 4) is 0 Å². The fourth-order valence-electron chi connectivity index (χ4n) is 4.24. The van der Waals surface area contributed by atoms with Crippen molar-refractivity contribution < 1.29 is 4.79 Å². The van der Waals surface area contributed by atoms with Crippen LogP contribution in [0.15, 0.2) is 30.5 Å². The zero-order valence-corrected chi connectivity index (χ0v) is 19.7. The predicted octanol–water partition coefficient (Wildman–Crippen LogP) is 4.91. The summed E-state index contributed by atoms with van der Waals surface area (Å²) < 4.78 is 0. The molecule has 0 unspecified atom stereocenters. The Kier molecular flexibility index (Phi) is 6.85. The summed E-state index contributed by atoms with van der Waals surface area (Å²) >= 11 is 6.41. The van der Waals surface area contributed by atoms with Gasteiger partial charge in [-0.05, 0) is 76.9 Å². The molecule has 1 N–H and O–H groups in total. The van der Waals surface area contributed by atoms with Crippen LogP contribution in [0.4, 0.5) is 5.69 Å². The van der Waals surface area contributed by atoms with Crippen molar-refractivity contribution in [2.24, 2.45) is 0 Å². The molecule has 0 spiro atoms. The molecule has 0 saturated carbocycles. The summed E-state index contributed by atoms with van der Waals surface area (Å²) in [6.45, 7) is 17.0. The minimum atomic E-state index is -0.175. The standard InChI is InChI=1S/C24H33ClN4O/c1-16-7-8-19(13-26-16)23(30)27-22-12-21(25)11-20(18(22)3)15-28-9-10-29(17(2)14-28)24(4,5)6/h7-8,11-13,17H,9-10,14-15H2,1-6H3,(H,27,30)/t17-/m0/s1. The highest BCUT2D eigenvalue weighted by Crippen LogP contribution is 2.28. The SMILES string of the molecule is Cc1ccc(C(=O)Nc2cc(Cl)cc(CN3CCN(C(C)(C)C)[C@@H](C)C3)c2C)cn1. The summed E-state index contributed by atoms with van der Waals surface area (Å²) in [5.74, 6) is -0.175. The van der Waals surface area contributed by atoms with Crippen LogP contribution in [0.2, 0.25) is 5.02 Å². The van der Waals surface area contributed by atoms with Gasteiger partial charge in [-0.2, -0.15) is 0 Å². The van der Waals surface area contributed by atoms with Gasteiger partial charge in [-0.3, -0.25) is 19.6 Å². The van der Waals surface area contributed by atoms with Gasteiger partial charge in [-0.1, -0.05) is 11.6 Å². The Morgan fingerprint density at radius 3 is 2.57 bits per heavy atom. The molecule has 1 amide bonds. The van der Waals surface area contributed by atoms with Gasteiger partial charge < -0.3 is 5.32 Å². The van der Waals surface area contributed by atoms with Gasteiger partial charge in [0.25, 0.3) is 5.91 Å². The van der Waals surface area contributed by atoms with E-state index in [0.717, 1.165) is 48.7 Å². The molecular weight excluding hydrogens is 396 g/mol. The van der Waals surface area contributed by atoms with Crippen LogP contribution in [-0.2, 0) is 6.54 Å². The molecule has 162 valence electrons. The maximum atomic E-state index is 12.7. The first-order valence-electron chi connectivity index (χ1n) is 10.6. The number of carbonyl (C=O) groups is 1. The third kappa shape index (κ3) is 5.39. The van der Waals surface area contributed by atoms with Crippen LogP contribution >= 0.6 is 11.6 Å². The van der Waals surface area contributed by atoms with Crippen LogP contribution in [0, 0.1) is 13.8 Å². The smallest absolute Gasteiger partial charge is 0.257 e. The maximum absolute atomic E-state index is 12.7. The molecule has 0 radical (unpaired) electrons. The van der Waals surface area contributed by atoms with E-state index in [9.17, 15) is 4.79 Å². The molecule has 0 bridgehead atoms. The van der Waals surface area contributed by atoms with Crippen molar-refractivity contribution in [2.45, 2.75) is 59.7 Å². The molecule has 1 aromatic carbocycles. The number of benzene rings is 1. The van der Waals surface area contributed by atoms with Crippen LogP contribution in [0.1, 0.15) is 54.9 Å². The fourth-order valence-corrected chi connectivity index (χ4v) is 4.48. The number of carbonyl (C=O) groups excluding carboxylic acids is 1. The Morgan fingerprint density at radius 2 is 1.97 bits per heavy atom. The molecule has 1 atom stereocenters. The zero-order chi connectivity index (χ0) is 22.1. The molecule has 2 aromatic rings. The van der Waals surface area contributed by atoms with E-state index in [1.54, 1.807) is 12.3 Å².